The van der Waals surface area contributed by atoms with Crippen LogP contribution in [0.15, 0.2) is 54.6 Å². The molecule has 3 aromatic carbocycles. The first kappa shape index (κ1) is 13.6. The molecule has 1 heterocycles. The SMILES string of the molecule is O=C1NC2(Nc3cc(Cl)ccc31)C(=O)c1cccc3cccc2c13. The van der Waals surface area contributed by atoms with Crippen LogP contribution < -0.4 is 10.6 Å². The van der Waals surface area contributed by atoms with Gasteiger partial charge in [-0.1, -0.05) is 48.0 Å². The summed E-state index contributed by atoms with van der Waals surface area (Å²) >= 11 is 6.07. The summed E-state index contributed by atoms with van der Waals surface area (Å²) in [5, 5.41) is 8.48. The van der Waals surface area contributed by atoms with E-state index in [9.17, 15) is 9.59 Å². The summed E-state index contributed by atoms with van der Waals surface area (Å²) in [5.41, 5.74) is 1.13. The summed E-state index contributed by atoms with van der Waals surface area (Å²) in [5.74, 6) is -0.452. The van der Waals surface area contributed by atoms with Crippen molar-refractivity contribution in [2.45, 2.75) is 5.66 Å². The van der Waals surface area contributed by atoms with Crippen LogP contribution in [0.2, 0.25) is 5.02 Å². The lowest BCUT2D eigenvalue weighted by molar-refractivity contribution is 0.0788. The lowest BCUT2D eigenvalue weighted by Crippen LogP contribution is -2.58. The maximum absolute atomic E-state index is 13.2. The fourth-order valence-electron chi connectivity index (χ4n) is 3.70. The van der Waals surface area contributed by atoms with Gasteiger partial charge in [-0.25, -0.2) is 0 Å². The molecule has 4 nitrogen and oxygen atoms in total. The number of rotatable bonds is 0. The highest BCUT2D eigenvalue weighted by atomic mass is 35.5. The maximum atomic E-state index is 13.2. The molecule has 116 valence electrons. The van der Waals surface area contributed by atoms with Crippen molar-refractivity contribution < 1.29 is 9.59 Å². The van der Waals surface area contributed by atoms with E-state index >= 15 is 0 Å². The molecule has 1 aliphatic heterocycles. The second kappa shape index (κ2) is 4.36. The van der Waals surface area contributed by atoms with Crippen LogP contribution in [0.3, 0.4) is 0 Å². The van der Waals surface area contributed by atoms with Gasteiger partial charge in [-0.15, -0.1) is 0 Å². The Labute approximate surface area is 142 Å². The van der Waals surface area contributed by atoms with Gasteiger partial charge in [-0.2, -0.15) is 0 Å². The fraction of sp³-hybridized carbons (Fsp3) is 0.0526. The molecule has 1 unspecified atom stereocenters. The smallest absolute Gasteiger partial charge is 0.255 e. The molecule has 1 amide bonds. The molecule has 1 aliphatic carbocycles. The van der Waals surface area contributed by atoms with Gasteiger partial charge >= 0.3 is 0 Å². The van der Waals surface area contributed by atoms with Crippen LogP contribution in [0.1, 0.15) is 26.3 Å². The molecule has 3 aromatic rings. The Hall–Kier alpha value is -2.85. The number of carbonyl (C=O) groups excluding carboxylic acids is 2. The maximum Gasteiger partial charge on any atom is 0.255 e. The molecule has 1 atom stereocenters. The number of nitrogens with one attached hydrogen (secondary N) is 2. The Morgan fingerprint density at radius 2 is 1.67 bits per heavy atom. The number of halogens is 1. The van der Waals surface area contributed by atoms with Crippen molar-refractivity contribution in [1.82, 2.24) is 5.32 Å². The van der Waals surface area contributed by atoms with Crippen molar-refractivity contribution in [2.24, 2.45) is 0 Å². The summed E-state index contributed by atoms with van der Waals surface area (Å²) in [6.07, 6.45) is 0. The lowest BCUT2D eigenvalue weighted by atomic mass is 9.94. The third-order valence-electron chi connectivity index (χ3n) is 4.74. The minimum absolute atomic E-state index is 0.159. The molecule has 2 aliphatic rings. The number of amides is 1. The number of fused-ring (bicyclic) bond motifs is 2. The van der Waals surface area contributed by atoms with Crippen molar-refractivity contribution in [3.63, 3.8) is 0 Å². The van der Waals surface area contributed by atoms with Crippen molar-refractivity contribution in [1.29, 1.82) is 0 Å². The third kappa shape index (κ3) is 1.53. The van der Waals surface area contributed by atoms with Gasteiger partial charge < -0.3 is 10.6 Å². The van der Waals surface area contributed by atoms with E-state index in [0.717, 1.165) is 16.3 Å². The minimum Gasteiger partial charge on any atom is -0.352 e. The average Bonchev–Trinajstić information content (AvgIpc) is 2.80. The van der Waals surface area contributed by atoms with Gasteiger partial charge in [0.05, 0.1) is 11.3 Å². The van der Waals surface area contributed by atoms with Gasteiger partial charge in [0.2, 0.25) is 11.4 Å². The number of anilines is 1. The molecule has 2 N–H and O–H groups in total. The topological polar surface area (TPSA) is 58.2 Å². The number of hydrogen-bond acceptors (Lipinski definition) is 3. The predicted octanol–water partition coefficient (Wildman–Crippen LogP) is 3.70. The van der Waals surface area contributed by atoms with Gasteiger partial charge in [0.1, 0.15) is 0 Å². The molecular weight excluding hydrogens is 324 g/mol. The molecule has 0 aromatic heterocycles. The zero-order valence-corrected chi connectivity index (χ0v) is 13.1. The quantitative estimate of drug-likeness (QED) is 0.659. The van der Waals surface area contributed by atoms with Crippen molar-refractivity contribution in [3.8, 4) is 0 Å². The van der Waals surface area contributed by atoms with Crippen LogP contribution in [-0.2, 0) is 5.66 Å². The zero-order valence-electron chi connectivity index (χ0n) is 12.4. The van der Waals surface area contributed by atoms with Crippen LogP contribution in [0, 0.1) is 0 Å². The first-order chi connectivity index (χ1) is 11.6. The lowest BCUT2D eigenvalue weighted by Gasteiger charge is -2.37. The monoisotopic (exact) mass is 334 g/mol. The van der Waals surface area contributed by atoms with Crippen LogP contribution in [0.4, 0.5) is 5.69 Å². The van der Waals surface area contributed by atoms with E-state index in [2.05, 4.69) is 10.6 Å². The second-order valence-electron chi connectivity index (χ2n) is 6.06. The number of hydrogen-bond donors (Lipinski definition) is 2. The van der Waals surface area contributed by atoms with Crippen molar-refractivity contribution in [2.75, 3.05) is 5.32 Å². The summed E-state index contributed by atoms with van der Waals surface area (Å²) in [7, 11) is 0. The second-order valence-corrected chi connectivity index (χ2v) is 6.49. The summed E-state index contributed by atoms with van der Waals surface area (Å²) < 4.78 is 0. The molecule has 0 saturated heterocycles. The largest absolute Gasteiger partial charge is 0.352 e. The molecule has 0 fully saturated rings. The molecule has 0 radical (unpaired) electrons. The number of carbonyl (C=O) groups is 2. The van der Waals surface area contributed by atoms with Crippen LogP contribution >= 0.6 is 11.6 Å². The summed E-state index contributed by atoms with van der Waals surface area (Å²) in [4.78, 5) is 25.8. The van der Waals surface area contributed by atoms with E-state index < -0.39 is 5.66 Å². The Morgan fingerprint density at radius 1 is 0.875 bits per heavy atom. The van der Waals surface area contributed by atoms with E-state index in [1.54, 1.807) is 24.3 Å². The van der Waals surface area contributed by atoms with E-state index in [1.807, 2.05) is 30.3 Å². The molecule has 0 saturated carbocycles. The number of Topliss-reactive ketones (excluding diaryl/α,β-unsaturated/α-hetero) is 1. The van der Waals surface area contributed by atoms with E-state index in [4.69, 9.17) is 11.6 Å². The number of benzene rings is 3. The number of ketones is 1. The predicted molar refractivity (Wildman–Crippen MR) is 92.5 cm³/mol. The Morgan fingerprint density at radius 3 is 2.50 bits per heavy atom. The fourth-order valence-corrected chi connectivity index (χ4v) is 3.88. The highest BCUT2D eigenvalue weighted by molar-refractivity contribution is 6.31. The Bertz CT molecular complexity index is 1070. The summed E-state index contributed by atoms with van der Waals surface area (Å²) in [6, 6.07) is 16.3. The minimum atomic E-state index is -1.28. The van der Waals surface area contributed by atoms with Crippen LogP contribution in [0.25, 0.3) is 10.8 Å². The van der Waals surface area contributed by atoms with E-state index in [1.165, 1.54) is 0 Å². The first-order valence-corrected chi connectivity index (χ1v) is 7.95. The highest BCUT2D eigenvalue weighted by Crippen LogP contribution is 2.44. The first-order valence-electron chi connectivity index (χ1n) is 7.57. The molecular formula is C19H11ClN2O2. The van der Waals surface area contributed by atoms with Crippen LogP contribution in [0.5, 0.6) is 0 Å². The molecule has 5 rings (SSSR count). The molecule has 5 heteroatoms. The van der Waals surface area contributed by atoms with Gasteiger partial charge in [-0.3, -0.25) is 9.59 Å². The molecule has 0 bridgehead atoms. The van der Waals surface area contributed by atoms with Gasteiger partial charge in [0.15, 0.2) is 0 Å². The van der Waals surface area contributed by atoms with Gasteiger partial charge in [0, 0.05) is 21.5 Å². The van der Waals surface area contributed by atoms with Gasteiger partial charge in [-0.05, 0) is 23.6 Å². The van der Waals surface area contributed by atoms with Crippen molar-refractivity contribution in [3.05, 3.63) is 76.3 Å². The van der Waals surface area contributed by atoms with E-state index in [-0.39, 0.29) is 11.7 Å². The highest BCUT2D eigenvalue weighted by Gasteiger charge is 2.51. The van der Waals surface area contributed by atoms with Gasteiger partial charge in [0.25, 0.3) is 5.91 Å². The third-order valence-corrected chi connectivity index (χ3v) is 4.98. The zero-order chi connectivity index (χ0) is 16.5. The standard InChI is InChI=1S/C19H11ClN2O2/c20-11-7-8-12-15(9-11)21-19(22-18(12)24)14-6-2-4-10-3-1-5-13(16(10)14)17(19)23/h1-9,21H,(H,22,24). The Balaban J connectivity index is 1.80. The van der Waals surface area contributed by atoms with Crippen LogP contribution in [-0.4, -0.2) is 11.7 Å². The summed E-state index contributed by atoms with van der Waals surface area (Å²) in [6.45, 7) is 0. The average molecular weight is 335 g/mol. The molecule has 1 spiro atoms. The Kier molecular flexibility index (Phi) is 2.47. The normalized spacial score (nSPS) is 20.9. The van der Waals surface area contributed by atoms with Crippen molar-refractivity contribution >= 4 is 39.8 Å². The van der Waals surface area contributed by atoms with E-state index in [0.29, 0.717) is 21.8 Å². The molecule has 24 heavy (non-hydrogen) atoms.